The highest BCUT2D eigenvalue weighted by Crippen LogP contribution is 2.24. The molecule has 0 aliphatic carbocycles. The second-order valence-corrected chi connectivity index (χ2v) is 5.59. The van der Waals surface area contributed by atoms with Crippen molar-refractivity contribution in [2.75, 3.05) is 6.61 Å². The van der Waals surface area contributed by atoms with Gasteiger partial charge < -0.3 is 19.6 Å². The van der Waals surface area contributed by atoms with Gasteiger partial charge in [0.15, 0.2) is 6.10 Å². The molecule has 3 heterocycles. The fourth-order valence-corrected chi connectivity index (χ4v) is 2.58. The fraction of sp³-hybridized carbons (Fsp3) is 0.188. The van der Waals surface area contributed by atoms with E-state index < -0.39 is 11.0 Å². The van der Waals surface area contributed by atoms with E-state index in [1.165, 1.54) is 29.2 Å². The number of ether oxygens (including phenoxy) is 2. The van der Waals surface area contributed by atoms with Gasteiger partial charge in [0.25, 0.3) is 0 Å². The molecule has 26 heavy (non-hydrogen) atoms. The summed E-state index contributed by atoms with van der Waals surface area (Å²) in [5.74, 6) is -0.281. The second kappa shape index (κ2) is 6.39. The van der Waals surface area contributed by atoms with Crippen LogP contribution in [0, 0.1) is 15.9 Å². The van der Waals surface area contributed by atoms with E-state index in [1.807, 2.05) is 0 Å². The Hall–Kier alpha value is -3.56. The third-order valence-corrected chi connectivity index (χ3v) is 3.78. The summed E-state index contributed by atoms with van der Waals surface area (Å²) in [6.07, 6.45) is 2.26. The highest BCUT2D eigenvalue weighted by atomic mass is 19.1. The Morgan fingerprint density at radius 3 is 2.88 bits per heavy atom. The molecule has 0 saturated heterocycles. The quantitative estimate of drug-likeness (QED) is 0.521. The Balaban J connectivity index is 1.50. The number of fused-ring (bicyclic) bond motifs is 1. The molecule has 132 valence electrons. The Kier molecular flexibility index (Phi) is 3.92. The van der Waals surface area contributed by atoms with E-state index in [0.717, 1.165) is 5.56 Å². The van der Waals surface area contributed by atoms with Crippen molar-refractivity contribution in [1.29, 1.82) is 0 Å². The molecular weight excluding hydrogens is 345 g/mol. The SMILES string of the molecule is O=[N+]([O-])c1cn2c(n1)OC[C@H](Oc1cc(-c3ccc(F)cc3)ncn1)C2. The van der Waals surface area contributed by atoms with Crippen LogP contribution in [0.2, 0.25) is 0 Å². The number of aromatic nitrogens is 4. The first kappa shape index (κ1) is 15.9. The second-order valence-electron chi connectivity index (χ2n) is 5.59. The highest BCUT2D eigenvalue weighted by Gasteiger charge is 2.29. The largest absolute Gasteiger partial charge is 0.469 e. The molecule has 0 radical (unpaired) electrons. The van der Waals surface area contributed by atoms with Crippen LogP contribution in [-0.2, 0) is 6.54 Å². The normalized spacial score (nSPS) is 15.8. The molecule has 0 amide bonds. The van der Waals surface area contributed by atoms with E-state index in [9.17, 15) is 14.5 Å². The van der Waals surface area contributed by atoms with Crippen molar-refractivity contribution in [1.82, 2.24) is 19.5 Å². The molecule has 1 atom stereocenters. The van der Waals surface area contributed by atoms with E-state index in [4.69, 9.17) is 9.47 Å². The lowest BCUT2D eigenvalue weighted by Gasteiger charge is -2.22. The molecule has 3 aromatic rings. The van der Waals surface area contributed by atoms with E-state index in [2.05, 4.69) is 15.0 Å². The molecule has 2 aromatic heterocycles. The number of halogens is 1. The molecule has 0 fully saturated rings. The standard InChI is InChI=1S/C16H12FN5O4/c17-11-3-1-10(2-4-11)13-5-15(19-9-18-13)26-12-6-21-7-14(22(23)24)20-16(21)25-8-12/h1-5,7,9,12H,6,8H2/t12-/m1/s1. The van der Waals surface area contributed by atoms with Crippen LogP contribution in [-0.4, -0.2) is 37.2 Å². The molecular formula is C16H12FN5O4. The van der Waals surface area contributed by atoms with Crippen LogP contribution in [0.3, 0.4) is 0 Å². The summed E-state index contributed by atoms with van der Waals surface area (Å²) in [4.78, 5) is 22.2. The topological polar surface area (TPSA) is 105 Å². The van der Waals surface area contributed by atoms with Crippen molar-refractivity contribution in [3.8, 4) is 23.1 Å². The first-order valence-electron chi connectivity index (χ1n) is 7.67. The minimum atomic E-state index is -0.579. The number of nitro groups is 1. The molecule has 0 spiro atoms. The lowest BCUT2D eigenvalue weighted by Crippen LogP contribution is -2.34. The van der Waals surface area contributed by atoms with Crippen LogP contribution < -0.4 is 9.47 Å². The lowest BCUT2D eigenvalue weighted by atomic mass is 10.1. The first-order chi connectivity index (χ1) is 12.6. The molecule has 1 aromatic carbocycles. The number of imidazole rings is 1. The Morgan fingerprint density at radius 2 is 2.12 bits per heavy atom. The van der Waals surface area contributed by atoms with E-state index in [0.29, 0.717) is 18.1 Å². The fourth-order valence-electron chi connectivity index (χ4n) is 2.58. The van der Waals surface area contributed by atoms with Gasteiger partial charge in [-0.1, -0.05) is 0 Å². The number of nitrogens with zero attached hydrogens (tertiary/aromatic N) is 5. The number of benzene rings is 1. The molecule has 1 aliphatic rings. The van der Waals surface area contributed by atoms with Crippen molar-refractivity contribution in [3.05, 3.63) is 58.8 Å². The highest BCUT2D eigenvalue weighted by molar-refractivity contribution is 5.59. The third kappa shape index (κ3) is 3.16. The summed E-state index contributed by atoms with van der Waals surface area (Å²) in [6, 6.07) is 7.75. The minimum Gasteiger partial charge on any atom is -0.469 e. The van der Waals surface area contributed by atoms with Gasteiger partial charge in [-0.25, -0.2) is 14.4 Å². The predicted molar refractivity (Wildman–Crippen MR) is 86.2 cm³/mol. The van der Waals surface area contributed by atoms with Gasteiger partial charge >= 0.3 is 11.8 Å². The molecule has 4 rings (SSSR count). The maximum Gasteiger partial charge on any atom is 0.414 e. The zero-order valence-corrected chi connectivity index (χ0v) is 13.3. The smallest absolute Gasteiger partial charge is 0.414 e. The molecule has 0 N–H and O–H groups in total. The van der Waals surface area contributed by atoms with E-state index in [-0.39, 0.29) is 24.3 Å². The van der Waals surface area contributed by atoms with Crippen LogP contribution in [0.1, 0.15) is 0 Å². The number of hydrogen-bond donors (Lipinski definition) is 0. The van der Waals surface area contributed by atoms with E-state index in [1.54, 1.807) is 18.2 Å². The van der Waals surface area contributed by atoms with Crippen molar-refractivity contribution in [2.45, 2.75) is 12.6 Å². The third-order valence-electron chi connectivity index (χ3n) is 3.78. The van der Waals surface area contributed by atoms with Gasteiger partial charge in [-0.05, 0) is 29.2 Å². The Labute approximate surface area is 146 Å². The lowest BCUT2D eigenvalue weighted by molar-refractivity contribution is -0.389. The average molecular weight is 357 g/mol. The van der Waals surface area contributed by atoms with Crippen molar-refractivity contribution in [3.63, 3.8) is 0 Å². The van der Waals surface area contributed by atoms with Crippen molar-refractivity contribution >= 4 is 5.82 Å². The van der Waals surface area contributed by atoms with Gasteiger partial charge in [0.2, 0.25) is 5.88 Å². The number of hydrogen-bond acceptors (Lipinski definition) is 7. The van der Waals surface area contributed by atoms with Crippen LogP contribution >= 0.6 is 0 Å². The van der Waals surface area contributed by atoms with Crippen LogP contribution in [0.15, 0.2) is 42.9 Å². The maximum absolute atomic E-state index is 13.0. The predicted octanol–water partition coefficient (Wildman–Crippen LogP) is 2.23. The molecule has 0 saturated carbocycles. The first-order valence-corrected chi connectivity index (χ1v) is 7.67. The molecule has 9 nitrogen and oxygen atoms in total. The van der Waals surface area contributed by atoms with Gasteiger partial charge in [0, 0.05) is 16.6 Å². The van der Waals surface area contributed by atoms with Crippen LogP contribution in [0.25, 0.3) is 11.3 Å². The number of rotatable bonds is 4. The van der Waals surface area contributed by atoms with Gasteiger partial charge in [0.05, 0.1) is 12.2 Å². The monoisotopic (exact) mass is 357 g/mol. The maximum atomic E-state index is 13.0. The average Bonchev–Trinajstić information content (AvgIpc) is 3.06. The van der Waals surface area contributed by atoms with Crippen molar-refractivity contribution in [2.24, 2.45) is 0 Å². The summed E-state index contributed by atoms with van der Waals surface area (Å²) in [7, 11) is 0. The Morgan fingerprint density at radius 1 is 1.31 bits per heavy atom. The summed E-state index contributed by atoms with van der Waals surface area (Å²) >= 11 is 0. The zero-order chi connectivity index (χ0) is 18.1. The minimum absolute atomic E-state index is 0.185. The molecule has 1 aliphatic heterocycles. The molecule has 10 heteroatoms. The van der Waals surface area contributed by atoms with Gasteiger partial charge in [-0.15, -0.1) is 0 Å². The summed E-state index contributed by atoms with van der Waals surface area (Å²) < 4.78 is 25.8. The Bertz CT molecular complexity index is 960. The zero-order valence-electron chi connectivity index (χ0n) is 13.3. The van der Waals surface area contributed by atoms with Gasteiger partial charge in [-0.3, -0.25) is 4.57 Å². The summed E-state index contributed by atoms with van der Waals surface area (Å²) in [6.45, 7) is 0.524. The van der Waals surface area contributed by atoms with Gasteiger partial charge in [-0.2, -0.15) is 0 Å². The van der Waals surface area contributed by atoms with E-state index >= 15 is 0 Å². The van der Waals surface area contributed by atoms with Crippen LogP contribution in [0.4, 0.5) is 10.2 Å². The molecule has 0 bridgehead atoms. The molecule has 0 unspecified atom stereocenters. The van der Waals surface area contributed by atoms with Crippen LogP contribution in [0.5, 0.6) is 11.9 Å². The summed E-state index contributed by atoms with van der Waals surface area (Å²) in [5.41, 5.74) is 1.32. The summed E-state index contributed by atoms with van der Waals surface area (Å²) in [5, 5.41) is 10.8. The van der Waals surface area contributed by atoms with Crippen molar-refractivity contribution < 1.29 is 18.8 Å². The van der Waals surface area contributed by atoms with Gasteiger partial charge in [0.1, 0.15) is 24.9 Å².